The van der Waals surface area contributed by atoms with Crippen molar-refractivity contribution >= 4 is 41.1 Å². The molecule has 16 heteroatoms. The molecule has 0 heterocycles. The van der Waals surface area contributed by atoms with Crippen LogP contribution < -0.4 is 10.6 Å². The fourth-order valence-electron chi connectivity index (χ4n) is 6.92. The summed E-state index contributed by atoms with van der Waals surface area (Å²) in [6.45, 7) is 3.45. The summed E-state index contributed by atoms with van der Waals surface area (Å²) in [5, 5.41) is 32.2. The lowest BCUT2D eigenvalue weighted by Crippen LogP contribution is -2.31. The Morgan fingerprint density at radius 1 is 0.452 bits per heavy atom. The number of ketones is 3. The molecule has 62 heavy (non-hydrogen) atoms. The van der Waals surface area contributed by atoms with Gasteiger partial charge < -0.3 is 44.9 Å². The molecule has 0 aromatic rings. The molecule has 360 valence electrons. The molecule has 16 nitrogen and oxygen atoms in total. The van der Waals surface area contributed by atoms with E-state index in [0.717, 1.165) is 57.8 Å². The topological polar surface area (TPSA) is 241 Å². The van der Waals surface area contributed by atoms with Crippen molar-refractivity contribution in [2.24, 2.45) is 11.8 Å². The lowest BCUT2D eigenvalue weighted by atomic mass is 9.89. The first kappa shape index (κ1) is 58.7. The second kappa shape index (κ2) is 43.0. The minimum atomic E-state index is -0.993. The second-order valence-corrected chi connectivity index (χ2v) is 16.0. The van der Waals surface area contributed by atoms with E-state index < -0.39 is 24.5 Å². The molecular weight excluding hydrogens is 805 g/mol. The van der Waals surface area contributed by atoms with E-state index in [1.54, 1.807) is 0 Å². The maximum absolute atomic E-state index is 12.9. The number of carbonyl (C=O) groups is 7. The molecule has 2 amide bonds. The maximum Gasteiger partial charge on any atom is 0.303 e. The number of Topliss-reactive ketones (excluding diaryl/α,β-unsaturated/α-hetero) is 3. The van der Waals surface area contributed by atoms with Crippen LogP contribution in [-0.4, -0.2) is 129 Å². The third kappa shape index (κ3) is 39.5. The second-order valence-electron chi connectivity index (χ2n) is 16.0. The van der Waals surface area contributed by atoms with Gasteiger partial charge in [-0.2, -0.15) is 0 Å². The number of carboxylic acids is 2. The average molecular weight is 887 g/mol. The number of nitrogens with one attached hydrogen (secondary N) is 2. The maximum atomic E-state index is 12.9. The van der Waals surface area contributed by atoms with Gasteiger partial charge in [-0.05, 0) is 44.9 Å². The standard InChI is InChI=1S/C46H82N2O14/c1-2-38(42(52)35-49)20-17-18-26-47-43(53)36-62-33-31-60-29-27-48-44(54)37-61-32-30-59-28-19-22-41(51)39(24-25-46(57)58)34-40(50)21-15-13-11-9-7-5-3-4-6-8-10-12-14-16-23-45(55)56/h38-39,49H,2-37H2,1H3,(H,47,53)(H,48,54)(H,55,56)(H,57,58)/t38-,39+/m0/s1. The Kier molecular flexibility index (Phi) is 40.7. The fourth-order valence-corrected chi connectivity index (χ4v) is 6.92. The van der Waals surface area contributed by atoms with Gasteiger partial charge in [-0.3, -0.25) is 33.6 Å². The van der Waals surface area contributed by atoms with Gasteiger partial charge in [-0.15, -0.1) is 0 Å². The number of hydrogen-bond acceptors (Lipinski definition) is 12. The highest BCUT2D eigenvalue weighted by atomic mass is 16.5. The first-order valence-corrected chi connectivity index (χ1v) is 23.5. The minimum Gasteiger partial charge on any atom is -0.481 e. The van der Waals surface area contributed by atoms with E-state index in [2.05, 4.69) is 10.6 Å². The third-order valence-electron chi connectivity index (χ3n) is 10.6. The number of aliphatic hydroxyl groups excluding tert-OH is 1. The number of carboxylic acid groups (broad SMARTS) is 2. The van der Waals surface area contributed by atoms with Gasteiger partial charge in [0.2, 0.25) is 11.8 Å². The molecule has 0 rings (SSSR count). The lowest BCUT2D eigenvalue weighted by Gasteiger charge is -2.14. The van der Waals surface area contributed by atoms with E-state index in [1.807, 2.05) is 6.92 Å². The number of unbranched alkanes of at least 4 members (excludes halogenated alkanes) is 14. The summed E-state index contributed by atoms with van der Waals surface area (Å²) >= 11 is 0. The SMILES string of the molecule is CC[C@@H](CCCCNC(=O)COCCOCCNC(=O)COCCOCCCC(=O)[C@H](CCC(=O)O)CC(=O)CCCCCCCCCCCCCCCCC(=O)O)C(=O)CO. The Morgan fingerprint density at radius 2 is 0.935 bits per heavy atom. The number of hydrogen-bond donors (Lipinski definition) is 5. The smallest absolute Gasteiger partial charge is 0.303 e. The molecule has 5 N–H and O–H groups in total. The van der Waals surface area contributed by atoms with Gasteiger partial charge >= 0.3 is 11.9 Å². The first-order chi connectivity index (χ1) is 30.0. The number of ether oxygens (including phenoxy) is 4. The summed E-state index contributed by atoms with van der Waals surface area (Å²) in [5.74, 6) is -3.25. The van der Waals surface area contributed by atoms with Crippen LogP contribution in [0.15, 0.2) is 0 Å². The predicted octanol–water partition coefficient (Wildman–Crippen LogP) is 6.16. The van der Waals surface area contributed by atoms with Gasteiger partial charge in [0.1, 0.15) is 31.4 Å². The van der Waals surface area contributed by atoms with Gasteiger partial charge in [0.15, 0.2) is 5.78 Å². The van der Waals surface area contributed by atoms with Crippen LogP contribution in [0.25, 0.3) is 0 Å². The van der Waals surface area contributed by atoms with Crippen LogP contribution in [-0.2, 0) is 52.5 Å². The molecular formula is C46H82N2O14. The zero-order valence-corrected chi connectivity index (χ0v) is 37.9. The van der Waals surface area contributed by atoms with Gasteiger partial charge in [0.05, 0.1) is 33.0 Å². The van der Waals surface area contributed by atoms with E-state index in [9.17, 15) is 33.6 Å². The molecule has 0 saturated heterocycles. The van der Waals surface area contributed by atoms with Gasteiger partial charge in [-0.1, -0.05) is 90.4 Å². The van der Waals surface area contributed by atoms with Gasteiger partial charge in [0.25, 0.3) is 0 Å². The summed E-state index contributed by atoms with van der Waals surface area (Å²) in [7, 11) is 0. The van der Waals surface area contributed by atoms with Crippen LogP contribution in [0.4, 0.5) is 0 Å². The Bertz CT molecular complexity index is 1200. The number of amides is 2. The normalized spacial score (nSPS) is 12.2. The van der Waals surface area contributed by atoms with Crippen molar-refractivity contribution < 1.29 is 67.8 Å². The zero-order chi connectivity index (χ0) is 45.9. The van der Waals surface area contributed by atoms with E-state index in [4.69, 9.17) is 34.3 Å². The summed E-state index contributed by atoms with van der Waals surface area (Å²) in [6.07, 6.45) is 19.6. The van der Waals surface area contributed by atoms with Crippen LogP contribution in [0.3, 0.4) is 0 Å². The largest absolute Gasteiger partial charge is 0.481 e. The molecule has 0 aliphatic heterocycles. The van der Waals surface area contributed by atoms with E-state index >= 15 is 0 Å². The number of carbonyl (C=O) groups excluding carboxylic acids is 5. The lowest BCUT2D eigenvalue weighted by molar-refractivity contribution is -0.138. The van der Waals surface area contributed by atoms with E-state index in [0.29, 0.717) is 38.8 Å². The molecule has 0 spiro atoms. The van der Waals surface area contributed by atoms with Crippen molar-refractivity contribution in [3.8, 4) is 0 Å². The Balaban J connectivity index is 3.83. The summed E-state index contributed by atoms with van der Waals surface area (Å²) < 4.78 is 21.5. The summed E-state index contributed by atoms with van der Waals surface area (Å²) in [6, 6.07) is 0. The summed E-state index contributed by atoms with van der Waals surface area (Å²) in [4.78, 5) is 82.7. The van der Waals surface area contributed by atoms with Gasteiger partial charge in [0, 0.05) is 63.6 Å². The van der Waals surface area contributed by atoms with Crippen molar-refractivity contribution in [2.45, 2.75) is 167 Å². The van der Waals surface area contributed by atoms with Crippen LogP contribution in [0.1, 0.15) is 167 Å². The zero-order valence-electron chi connectivity index (χ0n) is 37.9. The third-order valence-corrected chi connectivity index (χ3v) is 10.6. The number of aliphatic carboxylic acids is 2. The van der Waals surface area contributed by atoms with Crippen LogP contribution in [0.5, 0.6) is 0 Å². The van der Waals surface area contributed by atoms with Crippen molar-refractivity contribution in [3.05, 3.63) is 0 Å². The highest BCUT2D eigenvalue weighted by Crippen LogP contribution is 2.19. The van der Waals surface area contributed by atoms with Crippen molar-refractivity contribution in [1.82, 2.24) is 10.6 Å². The highest BCUT2D eigenvalue weighted by molar-refractivity contribution is 5.88. The fraction of sp³-hybridized carbons (Fsp3) is 0.848. The van der Waals surface area contributed by atoms with E-state index in [1.165, 1.54) is 44.9 Å². The minimum absolute atomic E-state index is 0.00521. The Morgan fingerprint density at radius 3 is 1.45 bits per heavy atom. The molecule has 0 fully saturated rings. The molecule has 0 bridgehead atoms. The highest BCUT2D eigenvalue weighted by Gasteiger charge is 2.22. The Labute approximate surface area is 370 Å². The van der Waals surface area contributed by atoms with Gasteiger partial charge in [-0.25, -0.2) is 0 Å². The van der Waals surface area contributed by atoms with Crippen LogP contribution in [0.2, 0.25) is 0 Å². The molecule has 0 unspecified atom stereocenters. The first-order valence-electron chi connectivity index (χ1n) is 23.5. The Hall–Kier alpha value is -3.31. The molecule has 0 aromatic heterocycles. The number of aliphatic hydroxyl groups is 1. The molecule has 0 saturated carbocycles. The van der Waals surface area contributed by atoms with Crippen LogP contribution >= 0.6 is 0 Å². The molecule has 0 aromatic carbocycles. The average Bonchev–Trinajstić information content (AvgIpc) is 3.24. The number of rotatable bonds is 48. The predicted molar refractivity (Wildman–Crippen MR) is 235 cm³/mol. The molecule has 0 aliphatic carbocycles. The van der Waals surface area contributed by atoms with Crippen LogP contribution in [0, 0.1) is 11.8 Å². The monoisotopic (exact) mass is 887 g/mol. The quantitative estimate of drug-likeness (QED) is 0.0430. The molecule has 0 radical (unpaired) electrons. The van der Waals surface area contributed by atoms with Crippen molar-refractivity contribution in [3.63, 3.8) is 0 Å². The van der Waals surface area contributed by atoms with Crippen molar-refractivity contribution in [1.29, 1.82) is 0 Å². The molecule has 2 atom stereocenters. The molecule has 0 aliphatic rings. The summed E-state index contributed by atoms with van der Waals surface area (Å²) in [5.41, 5.74) is 0. The van der Waals surface area contributed by atoms with E-state index in [-0.39, 0.29) is 120 Å². The van der Waals surface area contributed by atoms with Crippen molar-refractivity contribution in [2.75, 3.05) is 72.6 Å².